The van der Waals surface area contributed by atoms with Gasteiger partial charge in [0.05, 0.1) is 12.7 Å². The van der Waals surface area contributed by atoms with E-state index >= 15 is 0 Å². The van der Waals surface area contributed by atoms with Gasteiger partial charge in [0.2, 0.25) is 0 Å². The number of anilines is 2. The largest absolute Gasteiger partial charge is 0.465 e. The minimum Gasteiger partial charge on any atom is -0.465 e. The van der Waals surface area contributed by atoms with Crippen LogP contribution in [0, 0.1) is 13.8 Å². The SMILES string of the molecule is COC(=O)c1cccc(NC(=O)c2cc(NCc3ccccc3C)nc(C)n2)c1. The van der Waals surface area contributed by atoms with Crippen molar-refractivity contribution in [2.24, 2.45) is 0 Å². The van der Waals surface area contributed by atoms with Crippen LogP contribution < -0.4 is 10.6 Å². The van der Waals surface area contributed by atoms with Crippen molar-refractivity contribution < 1.29 is 14.3 Å². The van der Waals surface area contributed by atoms with Gasteiger partial charge in [0.15, 0.2) is 0 Å². The van der Waals surface area contributed by atoms with Gasteiger partial charge in [0.25, 0.3) is 5.91 Å². The molecule has 0 spiro atoms. The lowest BCUT2D eigenvalue weighted by Crippen LogP contribution is -2.16. The van der Waals surface area contributed by atoms with Crippen molar-refractivity contribution in [3.8, 4) is 0 Å². The topological polar surface area (TPSA) is 93.2 Å². The maximum absolute atomic E-state index is 12.7. The van der Waals surface area contributed by atoms with Crippen molar-refractivity contribution in [2.75, 3.05) is 17.7 Å². The molecule has 29 heavy (non-hydrogen) atoms. The number of aromatic nitrogens is 2. The van der Waals surface area contributed by atoms with E-state index in [4.69, 9.17) is 4.74 Å². The Labute approximate surface area is 169 Å². The summed E-state index contributed by atoms with van der Waals surface area (Å²) in [7, 11) is 1.31. The maximum Gasteiger partial charge on any atom is 0.337 e. The van der Waals surface area contributed by atoms with Crippen LogP contribution >= 0.6 is 0 Å². The third kappa shape index (κ3) is 5.16. The van der Waals surface area contributed by atoms with Crippen LogP contribution in [0.5, 0.6) is 0 Å². The first-order valence-corrected chi connectivity index (χ1v) is 9.10. The van der Waals surface area contributed by atoms with Crippen molar-refractivity contribution >= 4 is 23.4 Å². The average molecular weight is 390 g/mol. The molecule has 2 aromatic carbocycles. The van der Waals surface area contributed by atoms with Gasteiger partial charge in [-0.15, -0.1) is 0 Å². The second-order valence-electron chi connectivity index (χ2n) is 6.49. The molecule has 0 atom stereocenters. The monoisotopic (exact) mass is 390 g/mol. The Balaban J connectivity index is 1.74. The zero-order valence-electron chi connectivity index (χ0n) is 16.5. The molecule has 2 N–H and O–H groups in total. The molecule has 0 aliphatic rings. The predicted molar refractivity (Wildman–Crippen MR) is 111 cm³/mol. The molecule has 0 fully saturated rings. The Bertz CT molecular complexity index is 1050. The fourth-order valence-electron chi connectivity index (χ4n) is 2.81. The first-order chi connectivity index (χ1) is 14.0. The van der Waals surface area contributed by atoms with Gasteiger partial charge in [-0.2, -0.15) is 0 Å². The smallest absolute Gasteiger partial charge is 0.337 e. The van der Waals surface area contributed by atoms with Crippen molar-refractivity contribution in [1.82, 2.24) is 9.97 Å². The highest BCUT2D eigenvalue weighted by Crippen LogP contribution is 2.15. The first kappa shape index (κ1) is 20.0. The normalized spacial score (nSPS) is 10.3. The van der Waals surface area contributed by atoms with Gasteiger partial charge < -0.3 is 15.4 Å². The van der Waals surface area contributed by atoms with Gasteiger partial charge in [-0.1, -0.05) is 30.3 Å². The highest BCUT2D eigenvalue weighted by molar-refractivity contribution is 6.04. The third-order valence-electron chi connectivity index (χ3n) is 4.33. The molecule has 1 aromatic heterocycles. The molecule has 3 aromatic rings. The summed E-state index contributed by atoms with van der Waals surface area (Å²) in [6.45, 7) is 4.36. The molecule has 0 saturated heterocycles. The fraction of sp³-hybridized carbons (Fsp3) is 0.182. The van der Waals surface area contributed by atoms with Gasteiger partial charge in [-0.05, 0) is 43.2 Å². The van der Waals surface area contributed by atoms with Gasteiger partial charge in [0, 0.05) is 18.3 Å². The maximum atomic E-state index is 12.7. The van der Waals surface area contributed by atoms with E-state index in [1.54, 1.807) is 37.3 Å². The number of ether oxygens (including phenoxy) is 1. The standard InChI is InChI=1S/C22H22N4O3/c1-14-7-4-5-8-17(14)13-23-20-12-19(24-15(2)25-20)21(27)26-18-10-6-9-16(11-18)22(28)29-3/h4-12H,13H2,1-3H3,(H,26,27)(H,23,24,25). The summed E-state index contributed by atoms with van der Waals surface area (Å²) in [5.41, 5.74) is 3.38. The summed E-state index contributed by atoms with van der Waals surface area (Å²) in [5, 5.41) is 5.99. The summed E-state index contributed by atoms with van der Waals surface area (Å²) in [4.78, 5) is 32.9. The minimum atomic E-state index is -0.471. The van der Waals surface area contributed by atoms with Crippen LogP contribution in [-0.4, -0.2) is 29.0 Å². The van der Waals surface area contributed by atoms with Crippen LogP contribution in [0.4, 0.5) is 11.5 Å². The highest BCUT2D eigenvalue weighted by Gasteiger charge is 2.13. The van der Waals surface area contributed by atoms with Crippen LogP contribution in [0.25, 0.3) is 0 Å². The van der Waals surface area contributed by atoms with Crippen LogP contribution in [0.15, 0.2) is 54.6 Å². The van der Waals surface area contributed by atoms with Crippen molar-refractivity contribution in [3.05, 3.63) is 82.8 Å². The summed E-state index contributed by atoms with van der Waals surface area (Å²) >= 11 is 0. The van der Waals surface area contributed by atoms with E-state index in [0.29, 0.717) is 29.4 Å². The van der Waals surface area contributed by atoms with Gasteiger partial charge in [-0.25, -0.2) is 14.8 Å². The number of aryl methyl sites for hydroxylation is 2. The number of rotatable bonds is 6. The van der Waals surface area contributed by atoms with Gasteiger partial charge >= 0.3 is 5.97 Å². The molecule has 0 aliphatic carbocycles. The van der Waals surface area contributed by atoms with Gasteiger partial charge in [0.1, 0.15) is 17.3 Å². The number of carbonyl (C=O) groups is 2. The van der Waals surface area contributed by atoms with E-state index in [1.807, 2.05) is 31.2 Å². The molecule has 0 unspecified atom stereocenters. The fourth-order valence-corrected chi connectivity index (χ4v) is 2.81. The molecule has 7 nitrogen and oxygen atoms in total. The van der Waals surface area contributed by atoms with Gasteiger partial charge in [-0.3, -0.25) is 4.79 Å². The summed E-state index contributed by atoms with van der Waals surface area (Å²) in [5.74, 6) is 0.181. The number of esters is 1. The van der Waals surface area contributed by atoms with Crippen molar-refractivity contribution in [1.29, 1.82) is 0 Å². The second-order valence-corrected chi connectivity index (χ2v) is 6.49. The Morgan fingerprint density at radius 1 is 1.00 bits per heavy atom. The molecule has 148 valence electrons. The summed E-state index contributed by atoms with van der Waals surface area (Å²) in [6.07, 6.45) is 0. The summed E-state index contributed by atoms with van der Waals surface area (Å²) in [6, 6.07) is 16.2. The molecule has 0 saturated carbocycles. The van der Waals surface area contributed by atoms with E-state index in [2.05, 4.69) is 20.6 Å². The molecule has 0 radical (unpaired) electrons. The number of hydrogen-bond acceptors (Lipinski definition) is 6. The van der Waals surface area contributed by atoms with E-state index in [0.717, 1.165) is 5.56 Å². The molecule has 7 heteroatoms. The van der Waals surface area contributed by atoms with E-state index in [1.165, 1.54) is 12.7 Å². The quantitative estimate of drug-likeness (QED) is 0.623. The number of nitrogens with one attached hydrogen (secondary N) is 2. The molecular weight excluding hydrogens is 368 g/mol. The second kappa shape index (κ2) is 8.97. The minimum absolute atomic E-state index is 0.230. The zero-order chi connectivity index (χ0) is 20.8. The molecule has 1 amide bonds. The van der Waals surface area contributed by atoms with Crippen LogP contribution in [0.2, 0.25) is 0 Å². The van der Waals surface area contributed by atoms with Crippen LogP contribution in [0.3, 0.4) is 0 Å². The number of hydrogen-bond donors (Lipinski definition) is 2. The zero-order valence-corrected chi connectivity index (χ0v) is 16.5. The predicted octanol–water partition coefficient (Wildman–Crippen LogP) is 3.74. The Morgan fingerprint density at radius 2 is 1.79 bits per heavy atom. The van der Waals surface area contributed by atoms with E-state index < -0.39 is 11.9 Å². The number of nitrogens with zero attached hydrogens (tertiary/aromatic N) is 2. The average Bonchev–Trinajstić information content (AvgIpc) is 2.72. The first-order valence-electron chi connectivity index (χ1n) is 9.10. The van der Waals surface area contributed by atoms with E-state index in [-0.39, 0.29) is 5.69 Å². The molecule has 0 bridgehead atoms. The summed E-state index contributed by atoms with van der Waals surface area (Å²) < 4.78 is 4.70. The molecule has 0 aliphatic heterocycles. The molecule has 3 rings (SSSR count). The number of benzene rings is 2. The van der Waals surface area contributed by atoms with Crippen LogP contribution in [-0.2, 0) is 11.3 Å². The highest BCUT2D eigenvalue weighted by atomic mass is 16.5. The number of carbonyl (C=O) groups excluding carboxylic acids is 2. The van der Waals surface area contributed by atoms with Crippen molar-refractivity contribution in [3.63, 3.8) is 0 Å². The number of methoxy groups -OCH3 is 1. The Kier molecular flexibility index (Phi) is 6.19. The van der Waals surface area contributed by atoms with Crippen LogP contribution in [0.1, 0.15) is 37.8 Å². The lowest BCUT2D eigenvalue weighted by atomic mass is 10.1. The molecule has 1 heterocycles. The third-order valence-corrected chi connectivity index (χ3v) is 4.33. The molecular formula is C22H22N4O3. The Morgan fingerprint density at radius 3 is 2.55 bits per heavy atom. The lowest BCUT2D eigenvalue weighted by molar-refractivity contribution is 0.0600. The van der Waals surface area contributed by atoms with Crippen molar-refractivity contribution in [2.45, 2.75) is 20.4 Å². The number of amides is 1. The lowest BCUT2D eigenvalue weighted by Gasteiger charge is -2.11. The van der Waals surface area contributed by atoms with E-state index in [9.17, 15) is 9.59 Å². The Hall–Kier alpha value is -3.74.